The van der Waals surface area contributed by atoms with Crippen LogP contribution in [0.15, 0.2) is 36.9 Å². The highest BCUT2D eigenvalue weighted by molar-refractivity contribution is 7.80. The van der Waals surface area contributed by atoms with Crippen LogP contribution in [-0.2, 0) is 11.2 Å². The molecule has 0 saturated carbocycles. The number of hydrogen-bond donors (Lipinski definition) is 1. The van der Waals surface area contributed by atoms with E-state index in [2.05, 4.69) is 6.58 Å². The first-order valence-electron chi connectivity index (χ1n) is 6.36. The molecule has 4 nitrogen and oxygen atoms in total. The molecule has 0 unspecified atom stereocenters. The van der Waals surface area contributed by atoms with Gasteiger partial charge in [0.2, 0.25) is 5.91 Å². The molecule has 0 fully saturated rings. The third-order valence-electron chi connectivity index (χ3n) is 2.84. The Morgan fingerprint density at radius 3 is 2.60 bits per heavy atom. The van der Waals surface area contributed by atoms with E-state index in [9.17, 15) is 4.79 Å². The van der Waals surface area contributed by atoms with Gasteiger partial charge in [0.05, 0.1) is 18.5 Å². The molecule has 2 N–H and O–H groups in total. The van der Waals surface area contributed by atoms with E-state index in [4.69, 9.17) is 22.7 Å². The van der Waals surface area contributed by atoms with E-state index in [1.807, 2.05) is 24.3 Å². The van der Waals surface area contributed by atoms with Crippen molar-refractivity contribution in [3.05, 3.63) is 42.5 Å². The molecule has 108 valence electrons. The number of benzene rings is 1. The van der Waals surface area contributed by atoms with Crippen molar-refractivity contribution < 1.29 is 9.53 Å². The summed E-state index contributed by atoms with van der Waals surface area (Å²) in [6, 6.07) is 7.46. The molecule has 0 bridgehead atoms. The predicted molar refractivity (Wildman–Crippen MR) is 84.9 cm³/mol. The minimum Gasteiger partial charge on any atom is -0.497 e. The highest BCUT2D eigenvalue weighted by Gasteiger charge is 2.13. The Bertz CT molecular complexity index is 471. The lowest BCUT2D eigenvalue weighted by Crippen LogP contribution is -2.35. The monoisotopic (exact) mass is 292 g/mol. The number of carbonyl (C=O) groups excluding carboxylic acids is 1. The van der Waals surface area contributed by atoms with Crippen LogP contribution < -0.4 is 10.5 Å². The normalized spacial score (nSPS) is 9.85. The van der Waals surface area contributed by atoms with Crippen LogP contribution in [0.3, 0.4) is 0 Å². The van der Waals surface area contributed by atoms with E-state index in [-0.39, 0.29) is 5.91 Å². The quantitative estimate of drug-likeness (QED) is 0.587. The van der Waals surface area contributed by atoms with Gasteiger partial charge in [0.25, 0.3) is 0 Å². The minimum atomic E-state index is 0.0336. The molecule has 0 aliphatic rings. The zero-order valence-electron chi connectivity index (χ0n) is 11.7. The van der Waals surface area contributed by atoms with Gasteiger partial charge in [-0.15, -0.1) is 6.58 Å². The lowest BCUT2D eigenvalue weighted by molar-refractivity contribution is -0.129. The Kier molecular flexibility index (Phi) is 6.73. The number of nitrogens with zero attached hydrogens (tertiary/aromatic N) is 1. The number of ether oxygens (including phenoxy) is 1. The van der Waals surface area contributed by atoms with E-state index < -0.39 is 0 Å². The van der Waals surface area contributed by atoms with Crippen LogP contribution in [-0.4, -0.2) is 36.0 Å². The maximum absolute atomic E-state index is 12.2. The molecule has 1 aromatic rings. The summed E-state index contributed by atoms with van der Waals surface area (Å²) in [5.74, 6) is 0.809. The van der Waals surface area contributed by atoms with E-state index in [1.165, 1.54) is 0 Å². The van der Waals surface area contributed by atoms with Crippen LogP contribution in [0.1, 0.15) is 12.0 Å². The summed E-state index contributed by atoms with van der Waals surface area (Å²) < 4.78 is 5.09. The SMILES string of the molecule is C=CCN(CCC(N)=S)C(=O)Cc1ccc(OC)cc1. The highest BCUT2D eigenvalue weighted by atomic mass is 32.1. The van der Waals surface area contributed by atoms with Gasteiger partial charge in [0.1, 0.15) is 5.75 Å². The Balaban J connectivity index is 2.63. The molecule has 0 heterocycles. The molecule has 0 aliphatic heterocycles. The molecule has 0 saturated heterocycles. The summed E-state index contributed by atoms with van der Waals surface area (Å²) in [4.78, 5) is 14.4. The average molecular weight is 292 g/mol. The number of rotatable bonds is 8. The average Bonchev–Trinajstić information content (AvgIpc) is 2.44. The molecular formula is C15H20N2O2S. The van der Waals surface area contributed by atoms with Gasteiger partial charge >= 0.3 is 0 Å². The first kappa shape index (κ1) is 16.2. The molecule has 20 heavy (non-hydrogen) atoms. The summed E-state index contributed by atoms with van der Waals surface area (Å²) in [5, 5.41) is 0. The molecule has 0 radical (unpaired) electrons. The van der Waals surface area contributed by atoms with Gasteiger partial charge in [-0.1, -0.05) is 30.4 Å². The summed E-state index contributed by atoms with van der Waals surface area (Å²) in [6.07, 6.45) is 2.57. The zero-order valence-corrected chi connectivity index (χ0v) is 12.5. The Morgan fingerprint density at radius 1 is 1.45 bits per heavy atom. The van der Waals surface area contributed by atoms with Crippen molar-refractivity contribution in [2.45, 2.75) is 12.8 Å². The Morgan fingerprint density at radius 2 is 2.10 bits per heavy atom. The van der Waals surface area contributed by atoms with E-state index >= 15 is 0 Å². The fourth-order valence-electron chi connectivity index (χ4n) is 1.75. The molecule has 5 heteroatoms. The van der Waals surface area contributed by atoms with Crippen molar-refractivity contribution in [1.29, 1.82) is 0 Å². The molecule has 1 amide bonds. The second kappa shape index (κ2) is 8.32. The number of carbonyl (C=O) groups is 1. The van der Waals surface area contributed by atoms with E-state index in [0.29, 0.717) is 30.9 Å². The minimum absolute atomic E-state index is 0.0336. The van der Waals surface area contributed by atoms with Gasteiger partial charge in [0, 0.05) is 19.5 Å². The molecule has 0 aliphatic carbocycles. The van der Waals surface area contributed by atoms with Crippen LogP contribution >= 0.6 is 12.2 Å². The van der Waals surface area contributed by atoms with Crippen LogP contribution in [0.4, 0.5) is 0 Å². The van der Waals surface area contributed by atoms with Crippen LogP contribution in [0.5, 0.6) is 5.75 Å². The van der Waals surface area contributed by atoms with Crippen molar-refractivity contribution in [1.82, 2.24) is 4.90 Å². The van der Waals surface area contributed by atoms with Crippen molar-refractivity contribution in [3.8, 4) is 5.75 Å². The van der Waals surface area contributed by atoms with Crippen LogP contribution in [0.25, 0.3) is 0 Å². The number of amides is 1. The molecule has 0 spiro atoms. The maximum atomic E-state index is 12.2. The number of thiocarbonyl (C=S) groups is 1. The Hall–Kier alpha value is -1.88. The topological polar surface area (TPSA) is 55.6 Å². The summed E-state index contributed by atoms with van der Waals surface area (Å²) in [7, 11) is 1.61. The lowest BCUT2D eigenvalue weighted by atomic mass is 10.1. The fourth-order valence-corrected chi connectivity index (χ4v) is 1.84. The third kappa shape index (κ3) is 5.40. The molecule has 0 aromatic heterocycles. The molecule has 1 aromatic carbocycles. The first-order chi connectivity index (χ1) is 9.56. The molecular weight excluding hydrogens is 272 g/mol. The predicted octanol–water partition coefficient (Wildman–Crippen LogP) is 1.93. The second-order valence-corrected chi connectivity index (χ2v) is 4.89. The number of hydrogen-bond acceptors (Lipinski definition) is 3. The van der Waals surface area contributed by atoms with E-state index in [1.54, 1.807) is 18.1 Å². The highest BCUT2D eigenvalue weighted by Crippen LogP contribution is 2.12. The maximum Gasteiger partial charge on any atom is 0.227 e. The van der Waals surface area contributed by atoms with Gasteiger partial charge in [-0.3, -0.25) is 4.79 Å². The second-order valence-electron chi connectivity index (χ2n) is 4.37. The summed E-state index contributed by atoms with van der Waals surface area (Å²) in [5.41, 5.74) is 6.42. The van der Waals surface area contributed by atoms with Gasteiger partial charge < -0.3 is 15.4 Å². The number of methoxy groups -OCH3 is 1. The number of nitrogens with two attached hydrogens (primary N) is 1. The third-order valence-corrected chi connectivity index (χ3v) is 3.05. The standard InChI is InChI=1S/C15H20N2O2S/c1-3-9-17(10-8-14(16)20)15(18)11-12-4-6-13(19-2)7-5-12/h3-7H,1,8-11H2,2H3,(H2,16,20). The van der Waals surface area contributed by atoms with Gasteiger partial charge in [-0.05, 0) is 17.7 Å². The van der Waals surface area contributed by atoms with Crippen LogP contribution in [0.2, 0.25) is 0 Å². The lowest BCUT2D eigenvalue weighted by Gasteiger charge is -2.21. The van der Waals surface area contributed by atoms with Gasteiger partial charge in [0.15, 0.2) is 0 Å². The van der Waals surface area contributed by atoms with Gasteiger partial charge in [-0.25, -0.2) is 0 Å². The summed E-state index contributed by atoms with van der Waals surface area (Å²) in [6.45, 7) is 4.69. The largest absolute Gasteiger partial charge is 0.497 e. The summed E-state index contributed by atoms with van der Waals surface area (Å²) >= 11 is 4.84. The van der Waals surface area contributed by atoms with E-state index in [0.717, 1.165) is 11.3 Å². The zero-order chi connectivity index (χ0) is 15.0. The molecule has 0 atom stereocenters. The first-order valence-corrected chi connectivity index (χ1v) is 6.77. The van der Waals surface area contributed by atoms with Crippen molar-refractivity contribution >= 4 is 23.1 Å². The Labute approximate surface area is 125 Å². The van der Waals surface area contributed by atoms with Crippen molar-refractivity contribution in [2.75, 3.05) is 20.2 Å². The fraction of sp³-hybridized carbons (Fsp3) is 0.333. The van der Waals surface area contributed by atoms with Gasteiger partial charge in [-0.2, -0.15) is 0 Å². The van der Waals surface area contributed by atoms with Crippen molar-refractivity contribution in [3.63, 3.8) is 0 Å². The molecule has 1 rings (SSSR count). The van der Waals surface area contributed by atoms with Crippen molar-refractivity contribution in [2.24, 2.45) is 5.73 Å². The van der Waals surface area contributed by atoms with Crippen LogP contribution in [0, 0.1) is 0 Å². The smallest absolute Gasteiger partial charge is 0.227 e.